The third kappa shape index (κ3) is 3.39. The SMILES string of the molecule is CC(=O)N1CCC[C@H]1C(=O)Nc1ncc(-c2ccc(F)cc2)s1. The van der Waals surface area contributed by atoms with E-state index in [1.54, 1.807) is 23.2 Å². The number of likely N-dealkylation sites (tertiary alicyclic amines) is 1. The van der Waals surface area contributed by atoms with Gasteiger partial charge in [-0.25, -0.2) is 9.37 Å². The second kappa shape index (κ2) is 6.45. The predicted molar refractivity (Wildman–Crippen MR) is 86.5 cm³/mol. The summed E-state index contributed by atoms with van der Waals surface area (Å²) in [6.45, 7) is 2.09. The van der Waals surface area contributed by atoms with Gasteiger partial charge in [0, 0.05) is 19.7 Å². The van der Waals surface area contributed by atoms with Crippen molar-refractivity contribution in [3.8, 4) is 10.4 Å². The first-order valence-corrected chi connectivity index (χ1v) is 8.16. The molecule has 0 saturated carbocycles. The summed E-state index contributed by atoms with van der Waals surface area (Å²) in [5.74, 6) is -0.594. The van der Waals surface area contributed by atoms with Crippen LogP contribution >= 0.6 is 11.3 Å². The summed E-state index contributed by atoms with van der Waals surface area (Å²) in [6.07, 6.45) is 3.14. The summed E-state index contributed by atoms with van der Waals surface area (Å²) in [7, 11) is 0. The number of rotatable bonds is 3. The van der Waals surface area contributed by atoms with E-state index < -0.39 is 6.04 Å². The topological polar surface area (TPSA) is 62.3 Å². The van der Waals surface area contributed by atoms with E-state index in [9.17, 15) is 14.0 Å². The van der Waals surface area contributed by atoms with Crippen LogP contribution in [0.15, 0.2) is 30.5 Å². The van der Waals surface area contributed by atoms with E-state index >= 15 is 0 Å². The van der Waals surface area contributed by atoms with E-state index in [2.05, 4.69) is 10.3 Å². The maximum absolute atomic E-state index is 13.0. The Balaban J connectivity index is 1.70. The van der Waals surface area contributed by atoms with Crippen LogP contribution in [0.1, 0.15) is 19.8 Å². The molecule has 120 valence electrons. The fraction of sp³-hybridized carbons (Fsp3) is 0.312. The molecule has 1 saturated heterocycles. The van der Waals surface area contributed by atoms with Crippen LogP contribution in [0.2, 0.25) is 0 Å². The number of anilines is 1. The minimum absolute atomic E-state index is 0.0891. The lowest BCUT2D eigenvalue weighted by Crippen LogP contribution is -2.42. The molecule has 1 N–H and O–H groups in total. The van der Waals surface area contributed by atoms with Gasteiger partial charge in [-0.05, 0) is 30.5 Å². The van der Waals surface area contributed by atoms with Crippen molar-refractivity contribution in [2.45, 2.75) is 25.8 Å². The number of nitrogens with zero attached hydrogens (tertiary/aromatic N) is 2. The van der Waals surface area contributed by atoms with Crippen LogP contribution in [0, 0.1) is 5.82 Å². The molecule has 2 amide bonds. The van der Waals surface area contributed by atoms with E-state index in [1.165, 1.54) is 30.4 Å². The standard InChI is InChI=1S/C16H16FN3O2S/c1-10(21)20-8-2-3-13(20)15(22)19-16-18-9-14(23-16)11-4-6-12(17)7-5-11/h4-7,9,13H,2-3,8H2,1H3,(H,18,19,22)/t13-/m0/s1. The molecule has 3 rings (SSSR count). The van der Waals surface area contributed by atoms with Crippen molar-refractivity contribution in [3.63, 3.8) is 0 Å². The van der Waals surface area contributed by atoms with Crippen LogP contribution in [0.4, 0.5) is 9.52 Å². The van der Waals surface area contributed by atoms with E-state index in [-0.39, 0.29) is 17.6 Å². The molecule has 0 aliphatic carbocycles. The van der Waals surface area contributed by atoms with Crippen LogP contribution in [0.5, 0.6) is 0 Å². The second-order valence-electron chi connectivity index (χ2n) is 5.40. The third-order valence-corrected chi connectivity index (χ3v) is 4.79. The molecule has 0 bridgehead atoms. The summed E-state index contributed by atoms with van der Waals surface area (Å²) in [6, 6.07) is 5.68. The highest BCUT2D eigenvalue weighted by Gasteiger charge is 2.32. The fourth-order valence-corrected chi connectivity index (χ4v) is 3.51. The Bertz CT molecular complexity index is 729. The Morgan fingerprint density at radius 1 is 1.35 bits per heavy atom. The monoisotopic (exact) mass is 333 g/mol. The first-order valence-electron chi connectivity index (χ1n) is 7.34. The number of aromatic nitrogens is 1. The maximum Gasteiger partial charge on any atom is 0.248 e. The number of carbonyl (C=O) groups excluding carboxylic acids is 2. The first-order chi connectivity index (χ1) is 11.0. The number of carbonyl (C=O) groups is 2. The van der Waals surface area contributed by atoms with Crippen molar-refractivity contribution in [1.82, 2.24) is 9.88 Å². The molecule has 1 aromatic carbocycles. The summed E-state index contributed by atoms with van der Waals surface area (Å²) < 4.78 is 13.0. The molecule has 0 unspecified atom stereocenters. The molecule has 1 atom stereocenters. The zero-order valence-corrected chi connectivity index (χ0v) is 13.4. The van der Waals surface area contributed by atoms with Crippen LogP contribution in [-0.2, 0) is 9.59 Å². The van der Waals surface area contributed by atoms with E-state index in [1.807, 2.05) is 0 Å². The number of hydrogen-bond acceptors (Lipinski definition) is 4. The summed E-state index contributed by atoms with van der Waals surface area (Å²) in [5, 5.41) is 3.25. The van der Waals surface area contributed by atoms with Crippen LogP contribution < -0.4 is 5.32 Å². The Kier molecular flexibility index (Phi) is 4.38. The van der Waals surface area contributed by atoms with Gasteiger partial charge < -0.3 is 10.2 Å². The second-order valence-corrected chi connectivity index (χ2v) is 6.43. The van der Waals surface area contributed by atoms with Gasteiger partial charge in [-0.2, -0.15) is 0 Å². The molecular formula is C16H16FN3O2S. The van der Waals surface area contributed by atoms with Gasteiger partial charge in [-0.15, -0.1) is 0 Å². The number of thiazole rings is 1. The Labute approximate surface area is 137 Å². The molecule has 1 aliphatic rings. The molecular weight excluding hydrogens is 317 g/mol. The molecule has 0 radical (unpaired) electrons. The van der Waals surface area contributed by atoms with Gasteiger partial charge in [0.1, 0.15) is 11.9 Å². The quantitative estimate of drug-likeness (QED) is 0.939. The number of amides is 2. The molecule has 2 aromatic rings. The van der Waals surface area contributed by atoms with Gasteiger partial charge >= 0.3 is 0 Å². The molecule has 2 heterocycles. The number of halogens is 1. The summed E-state index contributed by atoms with van der Waals surface area (Å²) in [4.78, 5) is 30.5. The van der Waals surface area contributed by atoms with E-state index in [0.717, 1.165) is 16.9 Å². The molecule has 1 fully saturated rings. The van der Waals surface area contributed by atoms with Crippen molar-refractivity contribution < 1.29 is 14.0 Å². The van der Waals surface area contributed by atoms with Crippen molar-refractivity contribution in [3.05, 3.63) is 36.3 Å². The fourth-order valence-electron chi connectivity index (χ4n) is 2.68. The minimum atomic E-state index is -0.425. The molecule has 7 heteroatoms. The highest BCUT2D eigenvalue weighted by atomic mass is 32.1. The van der Waals surface area contributed by atoms with Gasteiger partial charge in [-0.3, -0.25) is 9.59 Å². The number of hydrogen-bond donors (Lipinski definition) is 1. The van der Waals surface area contributed by atoms with Crippen LogP contribution in [0.25, 0.3) is 10.4 Å². The predicted octanol–water partition coefficient (Wildman–Crippen LogP) is 2.90. The lowest BCUT2D eigenvalue weighted by Gasteiger charge is -2.21. The molecule has 1 aliphatic heterocycles. The minimum Gasteiger partial charge on any atom is -0.331 e. The third-order valence-electron chi connectivity index (χ3n) is 3.82. The van der Waals surface area contributed by atoms with Gasteiger partial charge in [0.05, 0.1) is 4.88 Å². The Morgan fingerprint density at radius 2 is 2.09 bits per heavy atom. The van der Waals surface area contributed by atoms with Crippen LogP contribution in [-0.4, -0.2) is 34.3 Å². The van der Waals surface area contributed by atoms with Crippen molar-refractivity contribution >= 4 is 28.3 Å². The molecule has 23 heavy (non-hydrogen) atoms. The summed E-state index contributed by atoms with van der Waals surface area (Å²) >= 11 is 1.32. The van der Waals surface area contributed by atoms with Gasteiger partial charge in [0.2, 0.25) is 11.8 Å². The zero-order chi connectivity index (χ0) is 16.4. The highest BCUT2D eigenvalue weighted by Crippen LogP contribution is 2.29. The van der Waals surface area contributed by atoms with Gasteiger partial charge in [0.15, 0.2) is 5.13 Å². The molecule has 0 spiro atoms. The average molecular weight is 333 g/mol. The smallest absolute Gasteiger partial charge is 0.248 e. The Morgan fingerprint density at radius 3 is 2.78 bits per heavy atom. The van der Waals surface area contributed by atoms with Crippen LogP contribution in [0.3, 0.4) is 0 Å². The first kappa shape index (κ1) is 15.6. The lowest BCUT2D eigenvalue weighted by molar-refractivity contribution is -0.134. The number of nitrogens with one attached hydrogen (secondary N) is 1. The van der Waals surface area contributed by atoms with Crippen molar-refractivity contribution in [2.75, 3.05) is 11.9 Å². The van der Waals surface area contributed by atoms with Crippen molar-refractivity contribution in [2.24, 2.45) is 0 Å². The number of benzene rings is 1. The van der Waals surface area contributed by atoms with Crippen molar-refractivity contribution in [1.29, 1.82) is 0 Å². The van der Waals surface area contributed by atoms with Gasteiger partial charge in [0.25, 0.3) is 0 Å². The lowest BCUT2D eigenvalue weighted by atomic mass is 10.2. The maximum atomic E-state index is 13.0. The largest absolute Gasteiger partial charge is 0.331 e. The van der Waals surface area contributed by atoms with Gasteiger partial charge in [-0.1, -0.05) is 23.5 Å². The van der Waals surface area contributed by atoms with E-state index in [0.29, 0.717) is 18.1 Å². The highest BCUT2D eigenvalue weighted by molar-refractivity contribution is 7.19. The Hall–Kier alpha value is -2.28. The summed E-state index contributed by atoms with van der Waals surface area (Å²) in [5.41, 5.74) is 0.843. The zero-order valence-electron chi connectivity index (χ0n) is 12.6. The average Bonchev–Trinajstić information content (AvgIpc) is 3.16. The molecule has 5 nitrogen and oxygen atoms in total. The van der Waals surface area contributed by atoms with E-state index in [4.69, 9.17) is 0 Å². The molecule has 1 aromatic heterocycles. The normalized spacial score (nSPS) is 17.3.